The molecule has 0 heterocycles. The van der Waals surface area contributed by atoms with Gasteiger partial charge in [0, 0.05) is 11.4 Å². The molecule has 0 saturated carbocycles. The van der Waals surface area contributed by atoms with E-state index < -0.39 is 10.1 Å². The maximum atomic E-state index is 12.1. The van der Waals surface area contributed by atoms with Crippen molar-refractivity contribution in [1.82, 2.24) is 0 Å². The van der Waals surface area contributed by atoms with Crippen molar-refractivity contribution in [2.75, 3.05) is 10.6 Å². The van der Waals surface area contributed by atoms with E-state index in [4.69, 9.17) is 0 Å². The van der Waals surface area contributed by atoms with Gasteiger partial charge in [0.2, 0.25) is 0 Å². The molecule has 7 heteroatoms. The maximum absolute atomic E-state index is 12.1. The Kier molecular flexibility index (Phi) is 5.72. The molecule has 2 amide bonds. The van der Waals surface area contributed by atoms with Crippen LogP contribution in [-0.2, 0) is 10.1 Å². The molecule has 3 N–H and O–H groups in total. The first-order valence-corrected chi connectivity index (χ1v) is 10.4. The van der Waals surface area contributed by atoms with Crippen LogP contribution in [0.2, 0.25) is 0 Å². The third-order valence-electron chi connectivity index (χ3n) is 4.62. The minimum Gasteiger partial charge on any atom is -0.308 e. The Hall–Kier alpha value is -3.16. The Morgan fingerprint density at radius 2 is 1.38 bits per heavy atom. The highest BCUT2D eigenvalue weighted by molar-refractivity contribution is 7.86. The van der Waals surface area contributed by atoms with Crippen LogP contribution in [0.3, 0.4) is 0 Å². The molecule has 0 aliphatic heterocycles. The molecule has 3 aromatic rings. The lowest BCUT2D eigenvalue weighted by Crippen LogP contribution is -2.19. The number of benzene rings is 3. The first-order chi connectivity index (χ1) is 13.7. The molecule has 0 fully saturated rings. The molecule has 3 rings (SSSR count). The second-order valence-electron chi connectivity index (χ2n) is 6.84. The van der Waals surface area contributed by atoms with Crippen LogP contribution in [0.4, 0.5) is 16.2 Å². The number of carbonyl (C=O) groups is 1. The van der Waals surface area contributed by atoms with E-state index >= 15 is 0 Å². The van der Waals surface area contributed by atoms with Crippen molar-refractivity contribution in [3.05, 3.63) is 77.4 Å². The van der Waals surface area contributed by atoms with E-state index in [2.05, 4.69) is 10.6 Å². The van der Waals surface area contributed by atoms with Crippen LogP contribution in [0.25, 0.3) is 11.1 Å². The smallest absolute Gasteiger partial charge is 0.308 e. The second-order valence-corrected chi connectivity index (χ2v) is 8.20. The summed E-state index contributed by atoms with van der Waals surface area (Å²) in [7, 11) is -4.33. The molecule has 0 saturated heterocycles. The summed E-state index contributed by atoms with van der Waals surface area (Å²) in [6.45, 7) is 5.23. The Morgan fingerprint density at radius 3 is 1.93 bits per heavy atom. The summed E-state index contributed by atoms with van der Waals surface area (Å²) in [6, 6.07) is 17.6. The van der Waals surface area contributed by atoms with Crippen molar-refractivity contribution in [1.29, 1.82) is 0 Å². The fourth-order valence-corrected chi connectivity index (χ4v) is 4.50. The molecule has 0 radical (unpaired) electrons. The zero-order valence-corrected chi connectivity index (χ0v) is 17.2. The van der Waals surface area contributed by atoms with Crippen LogP contribution >= 0.6 is 0 Å². The standard InChI is InChI=1S/C22H22N2O4S/c1-14-13-15(2)21(29(26,27)28)16(3)20(14)17-9-11-19(12-10-17)24-22(25)23-18-7-5-4-6-8-18/h4-13H,1-3H3,(H2,23,24,25)(H,26,27,28). The van der Waals surface area contributed by atoms with Crippen LogP contribution in [0.15, 0.2) is 65.6 Å². The molecule has 3 aromatic carbocycles. The Morgan fingerprint density at radius 1 is 0.828 bits per heavy atom. The van der Waals surface area contributed by atoms with E-state index in [0.29, 0.717) is 22.5 Å². The summed E-state index contributed by atoms with van der Waals surface area (Å²) < 4.78 is 33.2. The number of carbonyl (C=O) groups excluding carboxylic acids is 1. The second kappa shape index (κ2) is 8.06. The van der Waals surface area contributed by atoms with Gasteiger partial charge < -0.3 is 10.6 Å². The average Bonchev–Trinajstić information content (AvgIpc) is 2.62. The molecule has 0 aliphatic rings. The Balaban J connectivity index is 1.86. The van der Waals surface area contributed by atoms with Gasteiger partial charge in [-0.3, -0.25) is 4.55 Å². The van der Waals surface area contributed by atoms with Gasteiger partial charge in [0.05, 0.1) is 0 Å². The van der Waals surface area contributed by atoms with Crippen LogP contribution in [0.1, 0.15) is 16.7 Å². The average molecular weight is 410 g/mol. The highest BCUT2D eigenvalue weighted by Crippen LogP contribution is 2.34. The van der Waals surface area contributed by atoms with Crippen molar-refractivity contribution in [2.24, 2.45) is 0 Å². The van der Waals surface area contributed by atoms with Gasteiger partial charge in [0.25, 0.3) is 10.1 Å². The number of rotatable bonds is 4. The first kappa shape index (κ1) is 20.6. The summed E-state index contributed by atoms with van der Waals surface area (Å²) in [5, 5.41) is 5.50. The van der Waals surface area contributed by atoms with E-state index in [1.54, 1.807) is 56.3 Å². The highest BCUT2D eigenvalue weighted by atomic mass is 32.2. The lowest BCUT2D eigenvalue weighted by Gasteiger charge is -2.16. The molecule has 0 aliphatic carbocycles. The SMILES string of the molecule is Cc1cc(C)c(S(=O)(=O)O)c(C)c1-c1ccc(NC(=O)Nc2ccccc2)cc1. The lowest BCUT2D eigenvalue weighted by atomic mass is 9.93. The summed E-state index contributed by atoms with van der Waals surface area (Å²) in [6.07, 6.45) is 0. The monoisotopic (exact) mass is 410 g/mol. The van der Waals surface area contributed by atoms with E-state index in [1.807, 2.05) is 25.1 Å². The lowest BCUT2D eigenvalue weighted by molar-refractivity contribution is 0.262. The number of hydrogen-bond donors (Lipinski definition) is 3. The number of amides is 2. The normalized spacial score (nSPS) is 11.2. The van der Waals surface area contributed by atoms with Crippen LogP contribution < -0.4 is 10.6 Å². The van der Waals surface area contributed by atoms with Gasteiger partial charge in [-0.05, 0) is 72.9 Å². The zero-order chi connectivity index (χ0) is 21.2. The third kappa shape index (κ3) is 4.64. The Bertz CT molecular complexity index is 1160. The number of anilines is 2. The van der Waals surface area contributed by atoms with Crippen LogP contribution in [-0.4, -0.2) is 19.0 Å². The summed E-state index contributed by atoms with van der Waals surface area (Å²) >= 11 is 0. The number of nitrogens with one attached hydrogen (secondary N) is 2. The summed E-state index contributed by atoms with van der Waals surface area (Å²) in [5.74, 6) is 0. The van der Waals surface area contributed by atoms with Gasteiger partial charge in [-0.25, -0.2) is 4.79 Å². The van der Waals surface area contributed by atoms with Crippen molar-refractivity contribution >= 4 is 27.5 Å². The largest absolute Gasteiger partial charge is 0.323 e. The van der Waals surface area contributed by atoms with E-state index in [9.17, 15) is 17.8 Å². The zero-order valence-electron chi connectivity index (χ0n) is 16.4. The van der Waals surface area contributed by atoms with E-state index in [0.717, 1.165) is 16.7 Å². The van der Waals surface area contributed by atoms with Gasteiger partial charge in [-0.2, -0.15) is 8.42 Å². The quantitative estimate of drug-likeness (QED) is 0.517. The summed E-state index contributed by atoms with van der Waals surface area (Å²) in [5.41, 5.74) is 4.71. The summed E-state index contributed by atoms with van der Waals surface area (Å²) in [4.78, 5) is 12.1. The molecule has 150 valence electrons. The molecular weight excluding hydrogens is 388 g/mol. The minimum absolute atomic E-state index is 0.0671. The predicted molar refractivity (Wildman–Crippen MR) is 115 cm³/mol. The molecule has 29 heavy (non-hydrogen) atoms. The molecule has 6 nitrogen and oxygen atoms in total. The topological polar surface area (TPSA) is 95.5 Å². The molecule has 0 unspecified atom stereocenters. The number of aryl methyl sites for hydroxylation is 2. The molecule has 0 aromatic heterocycles. The van der Waals surface area contributed by atoms with Crippen LogP contribution in [0.5, 0.6) is 0 Å². The van der Waals surface area contributed by atoms with E-state index in [1.165, 1.54) is 0 Å². The first-order valence-electron chi connectivity index (χ1n) is 8.98. The van der Waals surface area contributed by atoms with Crippen molar-refractivity contribution in [3.8, 4) is 11.1 Å². The van der Waals surface area contributed by atoms with Crippen molar-refractivity contribution in [2.45, 2.75) is 25.7 Å². The molecule has 0 spiro atoms. The van der Waals surface area contributed by atoms with Gasteiger partial charge >= 0.3 is 6.03 Å². The highest BCUT2D eigenvalue weighted by Gasteiger charge is 2.21. The number of urea groups is 1. The molecular formula is C22H22N2O4S. The van der Waals surface area contributed by atoms with Gasteiger partial charge in [0.15, 0.2) is 0 Å². The maximum Gasteiger partial charge on any atom is 0.323 e. The fourth-order valence-electron chi connectivity index (χ4n) is 3.54. The minimum atomic E-state index is -4.33. The Labute approximate surface area is 170 Å². The number of para-hydroxylation sites is 1. The van der Waals surface area contributed by atoms with Crippen molar-refractivity contribution in [3.63, 3.8) is 0 Å². The van der Waals surface area contributed by atoms with Gasteiger partial charge in [0.1, 0.15) is 4.90 Å². The van der Waals surface area contributed by atoms with Gasteiger partial charge in [-0.1, -0.05) is 36.4 Å². The number of hydrogen-bond acceptors (Lipinski definition) is 3. The van der Waals surface area contributed by atoms with Crippen LogP contribution in [0, 0.1) is 20.8 Å². The molecule has 0 atom stereocenters. The van der Waals surface area contributed by atoms with Gasteiger partial charge in [-0.15, -0.1) is 0 Å². The predicted octanol–water partition coefficient (Wildman–Crippen LogP) is 5.17. The van der Waals surface area contributed by atoms with Crippen molar-refractivity contribution < 1.29 is 17.8 Å². The van der Waals surface area contributed by atoms with E-state index in [-0.39, 0.29) is 10.9 Å². The third-order valence-corrected chi connectivity index (χ3v) is 5.77. The molecule has 0 bridgehead atoms. The fraction of sp³-hybridized carbons (Fsp3) is 0.136.